The SMILES string of the molecule is O=C(O)c1ccc(N(c2ccc(-c3cc(F)ccc3F)s2)S(=O)O)cc1O. The number of aromatic hydroxyl groups is 1. The van der Waals surface area contributed by atoms with Gasteiger partial charge in [-0.2, -0.15) is 0 Å². The second kappa shape index (κ2) is 7.43. The topological polar surface area (TPSA) is 98.1 Å². The molecule has 3 aromatic rings. The monoisotopic (exact) mass is 411 g/mol. The molecule has 1 unspecified atom stereocenters. The van der Waals surface area contributed by atoms with Gasteiger partial charge in [0, 0.05) is 16.5 Å². The molecule has 0 fully saturated rings. The normalized spacial score (nSPS) is 12.0. The zero-order valence-electron chi connectivity index (χ0n) is 13.3. The van der Waals surface area contributed by atoms with Crippen LogP contribution in [-0.4, -0.2) is 24.9 Å². The van der Waals surface area contributed by atoms with Crippen molar-refractivity contribution in [1.82, 2.24) is 0 Å². The van der Waals surface area contributed by atoms with Gasteiger partial charge in [0.05, 0.1) is 5.69 Å². The number of aromatic carboxylic acids is 1. The number of halogens is 2. The Morgan fingerprint density at radius 2 is 1.81 bits per heavy atom. The molecule has 0 aliphatic heterocycles. The van der Waals surface area contributed by atoms with Crippen molar-refractivity contribution >= 4 is 39.3 Å². The Balaban J connectivity index is 2.04. The Labute approximate surface area is 158 Å². The minimum absolute atomic E-state index is 0.000931. The summed E-state index contributed by atoms with van der Waals surface area (Å²) in [6, 6.07) is 9.24. The number of benzene rings is 2. The fourth-order valence-corrected chi connectivity index (χ4v) is 4.15. The third-order valence-electron chi connectivity index (χ3n) is 3.59. The molecule has 10 heteroatoms. The molecule has 0 spiro atoms. The van der Waals surface area contributed by atoms with E-state index in [1.807, 2.05) is 0 Å². The van der Waals surface area contributed by atoms with Crippen molar-refractivity contribution < 1.29 is 32.6 Å². The van der Waals surface area contributed by atoms with Gasteiger partial charge in [-0.3, -0.25) is 4.55 Å². The summed E-state index contributed by atoms with van der Waals surface area (Å²) in [5.74, 6) is -3.21. The molecule has 1 heterocycles. The van der Waals surface area contributed by atoms with Crippen LogP contribution in [0, 0.1) is 11.6 Å². The molecule has 0 radical (unpaired) electrons. The lowest BCUT2D eigenvalue weighted by molar-refractivity contribution is 0.0693. The molecule has 0 saturated heterocycles. The first-order valence-corrected chi connectivity index (χ1v) is 9.18. The third-order valence-corrected chi connectivity index (χ3v) is 5.53. The number of phenols is 1. The van der Waals surface area contributed by atoms with Crippen molar-refractivity contribution in [3.63, 3.8) is 0 Å². The molecule has 27 heavy (non-hydrogen) atoms. The molecule has 0 bridgehead atoms. The van der Waals surface area contributed by atoms with Crippen molar-refractivity contribution in [3.05, 3.63) is 65.7 Å². The molecule has 3 N–H and O–H groups in total. The molecule has 6 nitrogen and oxygen atoms in total. The number of anilines is 2. The van der Waals surface area contributed by atoms with Crippen LogP contribution in [0.1, 0.15) is 10.4 Å². The van der Waals surface area contributed by atoms with Crippen LogP contribution in [0.3, 0.4) is 0 Å². The second-order valence-corrected chi connectivity index (χ2v) is 7.18. The molecule has 1 aromatic heterocycles. The molecular formula is C17H11F2NO5S2. The Morgan fingerprint density at radius 3 is 2.44 bits per heavy atom. The number of carbonyl (C=O) groups is 1. The van der Waals surface area contributed by atoms with Gasteiger partial charge in [-0.05, 0) is 42.5 Å². The maximum atomic E-state index is 13.9. The van der Waals surface area contributed by atoms with Gasteiger partial charge < -0.3 is 10.2 Å². The molecule has 140 valence electrons. The summed E-state index contributed by atoms with van der Waals surface area (Å²) in [6.07, 6.45) is 0. The van der Waals surface area contributed by atoms with E-state index in [-0.39, 0.29) is 21.8 Å². The maximum absolute atomic E-state index is 13.9. The molecule has 0 amide bonds. The van der Waals surface area contributed by atoms with Gasteiger partial charge in [0.25, 0.3) is 11.3 Å². The van der Waals surface area contributed by atoms with Gasteiger partial charge in [0.15, 0.2) is 0 Å². The minimum atomic E-state index is -2.57. The van der Waals surface area contributed by atoms with Gasteiger partial charge in [-0.15, -0.1) is 11.3 Å². The zero-order chi connectivity index (χ0) is 19.7. The Kier molecular flexibility index (Phi) is 5.22. The van der Waals surface area contributed by atoms with Crippen LogP contribution in [0.5, 0.6) is 5.75 Å². The first-order valence-electron chi connectivity index (χ1n) is 7.30. The predicted molar refractivity (Wildman–Crippen MR) is 97.6 cm³/mol. The lowest BCUT2D eigenvalue weighted by atomic mass is 10.1. The smallest absolute Gasteiger partial charge is 0.339 e. The highest BCUT2D eigenvalue weighted by Gasteiger charge is 2.21. The highest BCUT2D eigenvalue weighted by Crippen LogP contribution is 2.39. The molecule has 0 saturated carbocycles. The average Bonchev–Trinajstić information content (AvgIpc) is 3.06. The lowest BCUT2D eigenvalue weighted by Gasteiger charge is -2.18. The number of rotatable bonds is 5. The van der Waals surface area contributed by atoms with Crippen molar-refractivity contribution in [1.29, 1.82) is 0 Å². The summed E-state index contributed by atoms with van der Waals surface area (Å²) in [5, 5.41) is 19.0. The number of hydrogen-bond acceptors (Lipinski definition) is 4. The highest BCUT2D eigenvalue weighted by atomic mass is 32.2. The van der Waals surface area contributed by atoms with E-state index in [2.05, 4.69) is 0 Å². The molecule has 2 aromatic carbocycles. The average molecular weight is 411 g/mol. The van der Waals surface area contributed by atoms with E-state index in [4.69, 9.17) is 5.11 Å². The number of carboxylic acid groups (broad SMARTS) is 1. The molecule has 3 rings (SSSR count). The van der Waals surface area contributed by atoms with Crippen LogP contribution < -0.4 is 4.31 Å². The van der Waals surface area contributed by atoms with Crippen molar-refractivity contribution in [2.24, 2.45) is 0 Å². The summed E-state index contributed by atoms with van der Waals surface area (Å²) in [4.78, 5) is 11.3. The largest absolute Gasteiger partial charge is 0.507 e. The number of carboxylic acids is 1. The van der Waals surface area contributed by atoms with E-state index in [0.717, 1.165) is 46.0 Å². The van der Waals surface area contributed by atoms with Crippen molar-refractivity contribution in [2.45, 2.75) is 0 Å². The van der Waals surface area contributed by atoms with E-state index in [0.29, 0.717) is 4.88 Å². The third kappa shape index (κ3) is 3.82. The van der Waals surface area contributed by atoms with E-state index in [1.165, 1.54) is 18.2 Å². The molecule has 0 aliphatic carbocycles. The van der Waals surface area contributed by atoms with Gasteiger partial charge in [0.2, 0.25) is 0 Å². The van der Waals surface area contributed by atoms with Crippen LogP contribution in [0.25, 0.3) is 10.4 Å². The van der Waals surface area contributed by atoms with Crippen LogP contribution in [0.2, 0.25) is 0 Å². The number of nitrogens with zero attached hydrogens (tertiary/aromatic N) is 1. The first-order chi connectivity index (χ1) is 12.8. The van der Waals surface area contributed by atoms with Crippen molar-refractivity contribution in [3.8, 4) is 16.2 Å². The minimum Gasteiger partial charge on any atom is -0.507 e. The fourth-order valence-electron chi connectivity index (χ4n) is 2.39. The van der Waals surface area contributed by atoms with Crippen LogP contribution in [-0.2, 0) is 11.3 Å². The van der Waals surface area contributed by atoms with Gasteiger partial charge in [-0.1, -0.05) is 0 Å². The summed E-state index contributed by atoms with van der Waals surface area (Å²) >= 11 is -1.64. The standard InChI is InChI=1S/C17H11F2NO5S2/c18-9-1-4-13(19)12(7-9)15-5-6-16(26-15)20(27(24)25)10-2-3-11(17(22)23)14(21)8-10/h1-8,21H,(H,22,23)(H,24,25). The van der Waals surface area contributed by atoms with Crippen LogP contribution in [0.4, 0.5) is 19.5 Å². The summed E-state index contributed by atoms with van der Waals surface area (Å²) < 4.78 is 49.7. The maximum Gasteiger partial charge on any atom is 0.339 e. The zero-order valence-corrected chi connectivity index (χ0v) is 14.9. The Bertz CT molecular complexity index is 1050. The van der Waals surface area contributed by atoms with E-state index >= 15 is 0 Å². The predicted octanol–water partition coefficient (Wildman–Crippen LogP) is 4.37. The van der Waals surface area contributed by atoms with E-state index < -0.39 is 34.6 Å². The summed E-state index contributed by atoms with van der Waals surface area (Å²) in [7, 11) is 0. The van der Waals surface area contributed by atoms with Gasteiger partial charge >= 0.3 is 5.97 Å². The number of thiophene rings is 1. The van der Waals surface area contributed by atoms with E-state index in [9.17, 15) is 27.4 Å². The fraction of sp³-hybridized carbons (Fsp3) is 0. The van der Waals surface area contributed by atoms with Gasteiger partial charge in [-0.25, -0.2) is 22.1 Å². The van der Waals surface area contributed by atoms with Crippen LogP contribution >= 0.6 is 11.3 Å². The summed E-state index contributed by atoms with van der Waals surface area (Å²) in [6.45, 7) is 0. The van der Waals surface area contributed by atoms with Crippen LogP contribution in [0.15, 0.2) is 48.5 Å². The lowest BCUT2D eigenvalue weighted by Crippen LogP contribution is -2.18. The molecule has 0 aliphatic rings. The van der Waals surface area contributed by atoms with E-state index in [1.54, 1.807) is 0 Å². The Morgan fingerprint density at radius 1 is 1.07 bits per heavy atom. The molecular weight excluding hydrogens is 400 g/mol. The first kappa shape index (κ1) is 19.0. The quantitative estimate of drug-likeness (QED) is 0.542. The highest BCUT2D eigenvalue weighted by molar-refractivity contribution is 7.81. The number of hydrogen-bond donors (Lipinski definition) is 3. The van der Waals surface area contributed by atoms with Gasteiger partial charge in [0.1, 0.15) is 27.9 Å². The Hall–Kier alpha value is -2.82. The molecule has 1 atom stereocenters. The second-order valence-electron chi connectivity index (χ2n) is 5.29. The summed E-state index contributed by atoms with van der Waals surface area (Å²) in [5.41, 5.74) is -0.318. The van der Waals surface area contributed by atoms with Crippen molar-refractivity contribution in [2.75, 3.05) is 4.31 Å².